The molecule has 1 N–H and O–H groups in total. The second-order valence-corrected chi connectivity index (χ2v) is 8.56. The number of halogens is 1. The minimum Gasteiger partial charge on any atom is -0.496 e. The van der Waals surface area contributed by atoms with Gasteiger partial charge in [0, 0.05) is 9.90 Å². The van der Waals surface area contributed by atoms with Crippen LogP contribution in [0.5, 0.6) is 5.75 Å². The van der Waals surface area contributed by atoms with Gasteiger partial charge in [-0.1, -0.05) is 18.0 Å². The van der Waals surface area contributed by atoms with E-state index in [-0.39, 0.29) is 18.0 Å². The van der Waals surface area contributed by atoms with Crippen LogP contribution >= 0.6 is 22.9 Å². The van der Waals surface area contributed by atoms with E-state index in [2.05, 4.69) is 5.32 Å². The molecule has 5 nitrogen and oxygen atoms in total. The molecule has 0 saturated heterocycles. The van der Waals surface area contributed by atoms with E-state index >= 15 is 0 Å². The Morgan fingerprint density at radius 1 is 1.18 bits per heavy atom. The highest BCUT2D eigenvalue weighted by Gasteiger charge is 2.28. The summed E-state index contributed by atoms with van der Waals surface area (Å²) in [4.78, 5) is 26.9. The first kappa shape index (κ1) is 20.7. The van der Waals surface area contributed by atoms with E-state index in [9.17, 15) is 9.59 Å². The number of esters is 1. The fraction of sp³-hybridized carbons (Fsp3) is 0.429. The molecule has 3 rings (SSSR count). The maximum absolute atomic E-state index is 12.9. The van der Waals surface area contributed by atoms with Crippen molar-refractivity contribution in [3.05, 3.63) is 44.8 Å². The first-order valence-corrected chi connectivity index (χ1v) is 10.6. The second kappa shape index (κ2) is 8.97. The van der Waals surface area contributed by atoms with E-state index in [1.807, 2.05) is 13.8 Å². The molecular formula is C21H24ClNO4S. The van der Waals surface area contributed by atoms with Crippen LogP contribution < -0.4 is 10.1 Å². The molecule has 1 aromatic heterocycles. The molecule has 1 aliphatic carbocycles. The van der Waals surface area contributed by atoms with Crippen LogP contribution in [0.4, 0.5) is 5.00 Å². The number of rotatable bonds is 5. The minimum atomic E-state index is -0.386. The van der Waals surface area contributed by atoms with Crippen molar-refractivity contribution in [1.82, 2.24) is 0 Å². The molecule has 0 aliphatic heterocycles. The number of carbonyl (C=O) groups excluding carboxylic acids is 2. The number of amides is 1. The quantitative estimate of drug-likeness (QED) is 0.511. The summed E-state index contributed by atoms with van der Waals surface area (Å²) >= 11 is 7.52. The number of thiophene rings is 1. The van der Waals surface area contributed by atoms with Crippen molar-refractivity contribution in [3.8, 4) is 5.75 Å². The summed E-state index contributed by atoms with van der Waals surface area (Å²) < 4.78 is 10.7. The van der Waals surface area contributed by atoms with Crippen LogP contribution in [0.25, 0.3) is 0 Å². The number of hydrogen-bond donors (Lipinski definition) is 1. The van der Waals surface area contributed by atoms with Gasteiger partial charge >= 0.3 is 5.97 Å². The Morgan fingerprint density at radius 3 is 2.64 bits per heavy atom. The number of methoxy groups -OCH3 is 1. The van der Waals surface area contributed by atoms with Crippen molar-refractivity contribution in [2.45, 2.75) is 52.1 Å². The molecule has 0 radical (unpaired) electrons. The van der Waals surface area contributed by atoms with Gasteiger partial charge in [-0.05, 0) is 63.3 Å². The van der Waals surface area contributed by atoms with Gasteiger partial charge in [-0.3, -0.25) is 4.79 Å². The molecule has 0 bridgehead atoms. The number of hydrogen-bond acceptors (Lipinski definition) is 5. The summed E-state index contributed by atoms with van der Waals surface area (Å²) in [7, 11) is 1.50. The molecule has 150 valence electrons. The van der Waals surface area contributed by atoms with Gasteiger partial charge < -0.3 is 14.8 Å². The number of benzene rings is 1. The van der Waals surface area contributed by atoms with Crippen LogP contribution in [-0.4, -0.2) is 25.1 Å². The molecule has 0 unspecified atom stereocenters. The van der Waals surface area contributed by atoms with Gasteiger partial charge in [-0.25, -0.2) is 4.79 Å². The van der Waals surface area contributed by atoms with E-state index in [0.717, 1.165) is 42.5 Å². The minimum absolute atomic E-state index is 0.231. The topological polar surface area (TPSA) is 64.6 Å². The highest BCUT2D eigenvalue weighted by molar-refractivity contribution is 7.17. The third-order valence-corrected chi connectivity index (χ3v) is 6.04. The largest absolute Gasteiger partial charge is 0.496 e. The van der Waals surface area contributed by atoms with Crippen LogP contribution in [0.15, 0.2) is 18.2 Å². The van der Waals surface area contributed by atoms with Crippen LogP contribution in [0.2, 0.25) is 5.02 Å². The zero-order valence-electron chi connectivity index (χ0n) is 16.3. The molecule has 1 aliphatic rings. The summed E-state index contributed by atoms with van der Waals surface area (Å²) in [5.74, 6) is -0.330. The van der Waals surface area contributed by atoms with Crippen LogP contribution in [0.1, 0.15) is 64.3 Å². The molecule has 2 aromatic rings. The molecule has 1 aromatic carbocycles. The van der Waals surface area contributed by atoms with E-state index in [4.69, 9.17) is 21.1 Å². The molecular weight excluding hydrogens is 398 g/mol. The van der Waals surface area contributed by atoms with Gasteiger partial charge in [-0.2, -0.15) is 0 Å². The van der Waals surface area contributed by atoms with Gasteiger partial charge in [0.05, 0.1) is 24.3 Å². The normalized spacial score (nSPS) is 13.6. The summed E-state index contributed by atoms with van der Waals surface area (Å²) in [6.45, 7) is 3.63. The predicted octanol–water partition coefficient (Wildman–Crippen LogP) is 5.50. The number of fused-ring (bicyclic) bond motifs is 1. The molecule has 0 spiro atoms. The fourth-order valence-electron chi connectivity index (χ4n) is 3.35. The van der Waals surface area contributed by atoms with Gasteiger partial charge in [0.2, 0.25) is 0 Å². The average molecular weight is 422 g/mol. The van der Waals surface area contributed by atoms with Crippen LogP contribution in [-0.2, 0) is 17.6 Å². The van der Waals surface area contributed by atoms with Crippen molar-refractivity contribution in [2.75, 3.05) is 12.4 Å². The van der Waals surface area contributed by atoms with E-state index in [1.165, 1.54) is 18.4 Å². The van der Waals surface area contributed by atoms with Crippen LogP contribution in [0.3, 0.4) is 0 Å². The van der Waals surface area contributed by atoms with Crippen LogP contribution in [0, 0.1) is 0 Å². The summed E-state index contributed by atoms with van der Waals surface area (Å²) in [5, 5.41) is 3.87. The van der Waals surface area contributed by atoms with E-state index < -0.39 is 0 Å². The van der Waals surface area contributed by atoms with E-state index in [1.54, 1.807) is 18.2 Å². The van der Waals surface area contributed by atoms with Gasteiger partial charge in [0.25, 0.3) is 5.91 Å². The number of aryl methyl sites for hydroxylation is 1. The van der Waals surface area contributed by atoms with E-state index in [0.29, 0.717) is 26.9 Å². The Bertz CT molecular complexity index is 891. The monoisotopic (exact) mass is 421 g/mol. The Kier molecular flexibility index (Phi) is 6.62. The fourth-order valence-corrected chi connectivity index (χ4v) is 4.79. The lowest BCUT2D eigenvalue weighted by molar-refractivity contribution is 0.0378. The van der Waals surface area contributed by atoms with Crippen molar-refractivity contribution >= 4 is 39.8 Å². The van der Waals surface area contributed by atoms with Crippen molar-refractivity contribution in [1.29, 1.82) is 0 Å². The van der Waals surface area contributed by atoms with Gasteiger partial charge in [0.1, 0.15) is 10.8 Å². The van der Waals surface area contributed by atoms with Crippen molar-refractivity contribution in [2.24, 2.45) is 0 Å². The number of carbonyl (C=O) groups is 2. The van der Waals surface area contributed by atoms with Gasteiger partial charge in [0.15, 0.2) is 0 Å². The molecule has 7 heteroatoms. The van der Waals surface area contributed by atoms with Gasteiger partial charge in [-0.15, -0.1) is 11.3 Å². The highest BCUT2D eigenvalue weighted by atomic mass is 35.5. The lowest BCUT2D eigenvalue weighted by Gasteiger charge is -2.12. The molecule has 0 saturated carbocycles. The number of ether oxygens (including phenoxy) is 2. The molecule has 1 amide bonds. The Labute approximate surface area is 174 Å². The second-order valence-electron chi connectivity index (χ2n) is 7.02. The smallest absolute Gasteiger partial charge is 0.341 e. The standard InChI is InChI=1S/C21H24ClNO4S/c1-12(2)27-21(25)18-14-7-5-4-6-8-17(14)28-20(18)23-19(24)15-11-13(22)9-10-16(15)26-3/h9-12H,4-8H2,1-3H3,(H,23,24). The summed E-state index contributed by atoms with van der Waals surface area (Å²) in [5.41, 5.74) is 1.83. The Morgan fingerprint density at radius 2 is 1.93 bits per heavy atom. The summed E-state index contributed by atoms with van der Waals surface area (Å²) in [6.07, 6.45) is 4.76. The predicted molar refractivity (Wildman–Crippen MR) is 112 cm³/mol. The maximum atomic E-state index is 12.9. The SMILES string of the molecule is COc1ccc(Cl)cc1C(=O)Nc1sc2c(c1C(=O)OC(C)C)CCCCC2. The van der Waals surface area contributed by atoms with Crippen molar-refractivity contribution in [3.63, 3.8) is 0 Å². The third kappa shape index (κ3) is 4.50. The summed E-state index contributed by atoms with van der Waals surface area (Å²) in [6, 6.07) is 4.87. The first-order valence-electron chi connectivity index (χ1n) is 9.41. The highest BCUT2D eigenvalue weighted by Crippen LogP contribution is 2.38. The third-order valence-electron chi connectivity index (χ3n) is 4.60. The Hall–Kier alpha value is -2.05. The Balaban J connectivity index is 1.98. The number of anilines is 1. The molecule has 0 atom stereocenters. The first-order chi connectivity index (χ1) is 13.4. The maximum Gasteiger partial charge on any atom is 0.341 e. The molecule has 28 heavy (non-hydrogen) atoms. The zero-order chi connectivity index (χ0) is 20.3. The lowest BCUT2D eigenvalue weighted by Crippen LogP contribution is -2.18. The number of nitrogens with one attached hydrogen (secondary N) is 1. The zero-order valence-corrected chi connectivity index (χ0v) is 17.8. The molecule has 0 fully saturated rings. The molecule has 1 heterocycles. The average Bonchev–Trinajstić information content (AvgIpc) is 2.81. The van der Waals surface area contributed by atoms with Crippen molar-refractivity contribution < 1.29 is 19.1 Å². The lowest BCUT2D eigenvalue weighted by atomic mass is 10.1.